The molecule has 0 amide bonds. The van der Waals surface area contributed by atoms with E-state index in [2.05, 4.69) is 20.9 Å². The van der Waals surface area contributed by atoms with Crippen LogP contribution in [0.1, 0.15) is 10.4 Å². The highest BCUT2D eigenvalue weighted by molar-refractivity contribution is 9.10. The number of nitrogens with zero attached hydrogens (tertiary/aromatic N) is 1. The summed E-state index contributed by atoms with van der Waals surface area (Å²) in [4.78, 5) is 16.6. The Hall–Kier alpha value is -1.85. The zero-order valence-electron chi connectivity index (χ0n) is 10.8. The van der Waals surface area contributed by atoms with Crippen molar-refractivity contribution in [2.75, 3.05) is 0 Å². The first-order chi connectivity index (χ1) is 10.1. The Kier molecular flexibility index (Phi) is 3.94. The second-order valence-electron chi connectivity index (χ2n) is 4.38. The van der Waals surface area contributed by atoms with Gasteiger partial charge in [-0.05, 0) is 51.0 Å². The van der Waals surface area contributed by atoms with Crippen molar-refractivity contribution in [1.29, 1.82) is 0 Å². The Morgan fingerprint density at radius 3 is 2.48 bits per heavy atom. The number of benzene rings is 2. The van der Waals surface area contributed by atoms with Crippen molar-refractivity contribution in [3.63, 3.8) is 0 Å². The first kappa shape index (κ1) is 14.1. The van der Waals surface area contributed by atoms with Crippen LogP contribution in [0, 0.1) is 0 Å². The summed E-state index contributed by atoms with van der Waals surface area (Å²) in [7, 11) is 0. The molecule has 2 aromatic carbocycles. The van der Waals surface area contributed by atoms with Gasteiger partial charge in [0.25, 0.3) is 0 Å². The molecule has 0 saturated heterocycles. The summed E-state index contributed by atoms with van der Waals surface area (Å²) in [6.07, 6.45) is 1.75. The third-order valence-corrected chi connectivity index (χ3v) is 4.52. The topological polar surface area (TPSA) is 50.2 Å². The van der Waals surface area contributed by atoms with Gasteiger partial charge in [0.05, 0.1) is 5.56 Å². The van der Waals surface area contributed by atoms with Crippen molar-refractivity contribution >= 4 is 44.4 Å². The first-order valence-corrected chi connectivity index (χ1v) is 7.80. The maximum Gasteiger partial charge on any atom is 0.336 e. The molecule has 0 aliphatic rings. The summed E-state index contributed by atoms with van der Waals surface area (Å²) in [6, 6.07) is 14.9. The van der Waals surface area contributed by atoms with E-state index in [1.807, 2.05) is 42.5 Å². The molecular weight excluding hydrogens is 350 g/mol. The summed E-state index contributed by atoms with van der Waals surface area (Å²) in [5.41, 5.74) is 0.318. The van der Waals surface area contributed by atoms with E-state index in [0.717, 1.165) is 25.2 Å². The molecule has 0 aliphatic carbocycles. The van der Waals surface area contributed by atoms with E-state index in [1.165, 1.54) is 11.8 Å². The lowest BCUT2D eigenvalue weighted by atomic mass is 10.0. The van der Waals surface area contributed by atoms with Crippen LogP contribution < -0.4 is 0 Å². The van der Waals surface area contributed by atoms with Gasteiger partial charge < -0.3 is 5.11 Å². The third-order valence-electron chi connectivity index (χ3n) is 3.03. The molecule has 0 radical (unpaired) electrons. The predicted octanol–water partition coefficient (Wildman–Crippen LogP) is 4.85. The number of carbonyl (C=O) groups is 1. The molecule has 0 bridgehead atoms. The minimum Gasteiger partial charge on any atom is -0.478 e. The van der Waals surface area contributed by atoms with Gasteiger partial charge in [-0.2, -0.15) is 0 Å². The molecule has 21 heavy (non-hydrogen) atoms. The first-order valence-electron chi connectivity index (χ1n) is 6.19. The van der Waals surface area contributed by atoms with Crippen molar-refractivity contribution in [2.45, 2.75) is 9.92 Å². The molecule has 104 valence electrons. The van der Waals surface area contributed by atoms with Crippen LogP contribution in [-0.2, 0) is 0 Å². The van der Waals surface area contributed by atoms with Crippen LogP contribution in [0.4, 0.5) is 0 Å². The van der Waals surface area contributed by atoms with E-state index in [1.54, 1.807) is 12.3 Å². The lowest BCUT2D eigenvalue weighted by molar-refractivity contribution is 0.0699. The maximum atomic E-state index is 11.3. The van der Waals surface area contributed by atoms with Crippen LogP contribution in [-0.4, -0.2) is 16.1 Å². The van der Waals surface area contributed by atoms with Crippen molar-refractivity contribution in [2.24, 2.45) is 0 Å². The average Bonchev–Trinajstić information content (AvgIpc) is 2.49. The summed E-state index contributed by atoms with van der Waals surface area (Å²) in [5.74, 6) is -0.912. The van der Waals surface area contributed by atoms with Gasteiger partial charge in [-0.25, -0.2) is 9.78 Å². The molecule has 5 heteroatoms. The number of aromatic carboxylic acids is 1. The van der Waals surface area contributed by atoms with Crippen molar-refractivity contribution in [3.05, 3.63) is 64.8 Å². The molecule has 0 unspecified atom stereocenters. The van der Waals surface area contributed by atoms with E-state index < -0.39 is 5.97 Å². The van der Waals surface area contributed by atoms with E-state index in [0.29, 0.717) is 5.56 Å². The number of fused-ring (bicyclic) bond motifs is 1. The van der Waals surface area contributed by atoms with Crippen LogP contribution in [0.15, 0.2) is 69.1 Å². The zero-order chi connectivity index (χ0) is 14.8. The maximum absolute atomic E-state index is 11.3. The molecule has 0 saturated carbocycles. The molecule has 0 aliphatic heterocycles. The highest BCUT2D eigenvalue weighted by Gasteiger charge is 2.11. The zero-order valence-corrected chi connectivity index (χ0v) is 13.2. The Morgan fingerprint density at radius 2 is 1.81 bits per heavy atom. The van der Waals surface area contributed by atoms with Gasteiger partial charge in [0.2, 0.25) is 0 Å². The van der Waals surface area contributed by atoms with Crippen LogP contribution in [0.5, 0.6) is 0 Å². The Labute approximate surface area is 134 Å². The van der Waals surface area contributed by atoms with E-state index in [9.17, 15) is 9.90 Å². The number of pyridine rings is 1. The van der Waals surface area contributed by atoms with Gasteiger partial charge in [-0.3, -0.25) is 0 Å². The van der Waals surface area contributed by atoms with E-state index >= 15 is 0 Å². The van der Waals surface area contributed by atoms with Crippen molar-refractivity contribution in [1.82, 2.24) is 4.98 Å². The molecule has 3 nitrogen and oxygen atoms in total. The highest BCUT2D eigenvalue weighted by atomic mass is 79.9. The fraction of sp³-hybridized carbons (Fsp3) is 0. The number of carboxylic acids is 1. The molecule has 0 spiro atoms. The SMILES string of the molecule is O=C(O)c1ccc(Sc2ccc(Br)cn2)c2ccccc12. The molecule has 0 fully saturated rings. The molecule has 1 heterocycles. The number of carboxylic acid groups (broad SMARTS) is 1. The van der Waals surface area contributed by atoms with Crippen LogP contribution >= 0.6 is 27.7 Å². The minimum atomic E-state index is -0.912. The van der Waals surface area contributed by atoms with Gasteiger partial charge in [-0.15, -0.1) is 0 Å². The summed E-state index contributed by atoms with van der Waals surface area (Å²) >= 11 is 4.88. The largest absolute Gasteiger partial charge is 0.478 e. The molecule has 1 N–H and O–H groups in total. The summed E-state index contributed by atoms with van der Waals surface area (Å²) in [5, 5.41) is 11.8. The molecule has 3 aromatic rings. The number of aromatic nitrogens is 1. The number of hydrogen-bond acceptors (Lipinski definition) is 3. The molecule has 0 atom stereocenters. The second-order valence-corrected chi connectivity index (χ2v) is 6.36. The standard InChI is InChI=1S/C16H10BrNO2S/c17-10-5-8-15(18-9-10)21-14-7-6-13(16(19)20)11-3-1-2-4-12(11)14/h1-9H,(H,19,20). The summed E-state index contributed by atoms with van der Waals surface area (Å²) < 4.78 is 0.929. The third kappa shape index (κ3) is 2.94. The predicted molar refractivity (Wildman–Crippen MR) is 87.0 cm³/mol. The van der Waals surface area contributed by atoms with Crippen LogP contribution in [0.25, 0.3) is 10.8 Å². The number of halogens is 1. The average molecular weight is 360 g/mol. The van der Waals surface area contributed by atoms with Crippen molar-refractivity contribution < 1.29 is 9.90 Å². The fourth-order valence-electron chi connectivity index (χ4n) is 2.08. The minimum absolute atomic E-state index is 0.318. The molecule has 3 rings (SSSR count). The van der Waals surface area contributed by atoms with Crippen LogP contribution in [0.3, 0.4) is 0 Å². The Morgan fingerprint density at radius 1 is 1.05 bits per heavy atom. The van der Waals surface area contributed by atoms with E-state index in [-0.39, 0.29) is 0 Å². The number of hydrogen-bond donors (Lipinski definition) is 1. The lowest BCUT2D eigenvalue weighted by Crippen LogP contribution is -1.97. The fourth-order valence-corrected chi connectivity index (χ4v) is 3.21. The Bertz CT molecular complexity index is 818. The van der Waals surface area contributed by atoms with Crippen LogP contribution in [0.2, 0.25) is 0 Å². The quantitative estimate of drug-likeness (QED) is 0.726. The van der Waals surface area contributed by atoms with Gasteiger partial charge >= 0.3 is 5.97 Å². The number of rotatable bonds is 3. The smallest absolute Gasteiger partial charge is 0.336 e. The lowest BCUT2D eigenvalue weighted by Gasteiger charge is -2.08. The van der Waals surface area contributed by atoms with E-state index in [4.69, 9.17) is 0 Å². The van der Waals surface area contributed by atoms with Gasteiger partial charge in [0, 0.05) is 15.6 Å². The van der Waals surface area contributed by atoms with Crippen molar-refractivity contribution in [3.8, 4) is 0 Å². The van der Waals surface area contributed by atoms with Gasteiger partial charge in [0.1, 0.15) is 5.03 Å². The Balaban J connectivity index is 2.09. The highest BCUT2D eigenvalue weighted by Crippen LogP contribution is 2.34. The monoisotopic (exact) mass is 359 g/mol. The van der Waals surface area contributed by atoms with Gasteiger partial charge in [0.15, 0.2) is 0 Å². The summed E-state index contributed by atoms with van der Waals surface area (Å²) in [6.45, 7) is 0. The molecule has 1 aromatic heterocycles. The van der Waals surface area contributed by atoms with Gasteiger partial charge in [-0.1, -0.05) is 36.0 Å². The molecular formula is C16H10BrNO2S. The normalized spacial score (nSPS) is 10.7. The second kappa shape index (κ2) is 5.87.